The smallest absolute Gasteiger partial charge is 0.488 e. The maximum Gasteiger partial charge on any atom is 0.573 e. The van der Waals surface area contributed by atoms with Gasteiger partial charge in [-0.15, -0.1) is 13.2 Å². The lowest BCUT2D eigenvalue weighted by molar-refractivity contribution is -0.274. The minimum absolute atomic E-state index is 0.0166. The first kappa shape index (κ1) is 32.8. The van der Waals surface area contributed by atoms with Gasteiger partial charge in [0.2, 0.25) is 5.91 Å². The summed E-state index contributed by atoms with van der Waals surface area (Å²) in [6.45, 7) is 0.177. The highest BCUT2D eigenvalue weighted by molar-refractivity contribution is 7.92. The summed E-state index contributed by atoms with van der Waals surface area (Å²) in [5, 5.41) is 18.9. The van der Waals surface area contributed by atoms with Crippen molar-refractivity contribution in [3.8, 4) is 35.1 Å². The molecule has 9 nitrogen and oxygen atoms in total. The first-order chi connectivity index (χ1) is 19.8. The Labute approximate surface area is 244 Å². The first-order valence-electron chi connectivity index (χ1n) is 11.4. The van der Waals surface area contributed by atoms with Gasteiger partial charge in [-0.2, -0.15) is 23.7 Å². The van der Waals surface area contributed by atoms with Crippen molar-refractivity contribution in [3.63, 3.8) is 0 Å². The van der Waals surface area contributed by atoms with Gasteiger partial charge in [0.05, 0.1) is 27.6 Å². The summed E-state index contributed by atoms with van der Waals surface area (Å²) in [5.41, 5.74) is -3.93. The number of alkyl halides is 6. The lowest BCUT2D eigenvalue weighted by Crippen LogP contribution is -2.33. The maximum atomic E-state index is 13.5. The van der Waals surface area contributed by atoms with Gasteiger partial charge < -0.3 is 19.9 Å². The third kappa shape index (κ3) is 7.40. The van der Waals surface area contributed by atoms with Gasteiger partial charge in [0.15, 0.2) is 11.5 Å². The second-order valence-electron chi connectivity index (χ2n) is 8.77. The van der Waals surface area contributed by atoms with E-state index in [-0.39, 0.29) is 27.8 Å². The molecule has 0 aliphatic rings. The minimum atomic E-state index is -6.03. The molecule has 0 saturated heterocycles. The van der Waals surface area contributed by atoms with Crippen molar-refractivity contribution in [1.29, 1.82) is 10.5 Å². The van der Waals surface area contributed by atoms with E-state index < -0.39 is 61.4 Å². The van der Waals surface area contributed by atoms with E-state index in [4.69, 9.17) is 26.8 Å². The van der Waals surface area contributed by atoms with E-state index in [9.17, 15) is 50.1 Å². The van der Waals surface area contributed by atoms with E-state index in [1.165, 1.54) is 12.1 Å². The lowest BCUT2D eigenvalue weighted by atomic mass is 9.84. The molecule has 1 amide bonds. The molecule has 2 N–H and O–H groups in total. The van der Waals surface area contributed by atoms with E-state index in [1.54, 1.807) is 12.1 Å². The molecule has 226 valence electrons. The van der Waals surface area contributed by atoms with Crippen molar-refractivity contribution in [2.24, 2.45) is 5.73 Å². The summed E-state index contributed by atoms with van der Waals surface area (Å²) < 4.78 is 118. The molecule has 3 rings (SSSR count). The molecule has 0 aromatic heterocycles. The number of hydrogen-bond donors (Lipinski definition) is 1. The van der Waals surface area contributed by atoms with Gasteiger partial charge in [0, 0.05) is 17.7 Å². The van der Waals surface area contributed by atoms with Gasteiger partial charge in [0.25, 0.3) is 9.84 Å². The fraction of sp³-hybridized carbons (Fsp3) is 0.192. The number of amides is 1. The zero-order valence-electron chi connectivity index (χ0n) is 21.4. The SMILES string of the molecule is CC(C#N)(COc1cc(C#N)ccc1Oc1ccc(OC(F)(F)F)cc1Cl)c1cc(C(N)=O)ccc1S(=O)(=O)C(F)(F)F. The fourth-order valence-corrected chi connectivity index (χ4v) is 4.80. The Morgan fingerprint density at radius 1 is 0.953 bits per heavy atom. The monoisotopic (exact) mass is 647 g/mol. The maximum absolute atomic E-state index is 13.5. The largest absolute Gasteiger partial charge is 0.573 e. The lowest BCUT2D eigenvalue weighted by Gasteiger charge is -2.26. The van der Waals surface area contributed by atoms with E-state index >= 15 is 0 Å². The second-order valence-corrected chi connectivity index (χ2v) is 11.1. The van der Waals surface area contributed by atoms with Crippen LogP contribution in [-0.2, 0) is 15.3 Å². The predicted octanol–water partition coefficient (Wildman–Crippen LogP) is 6.16. The number of primary amides is 1. The number of nitrogens with two attached hydrogens (primary N) is 1. The van der Waals surface area contributed by atoms with Gasteiger partial charge in [-0.3, -0.25) is 4.79 Å². The van der Waals surface area contributed by atoms with E-state index in [2.05, 4.69) is 4.74 Å². The highest BCUT2D eigenvalue weighted by Crippen LogP contribution is 2.41. The van der Waals surface area contributed by atoms with Crippen molar-refractivity contribution in [3.05, 3.63) is 76.3 Å². The highest BCUT2D eigenvalue weighted by Gasteiger charge is 2.50. The molecular weight excluding hydrogens is 632 g/mol. The van der Waals surface area contributed by atoms with E-state index in [1.807, 2.05) is 0 Å². The number of rotatable bonds is 9. The fourth-order valence-electron chi connectivity index (χ4n) is 3.52. The Hall–Kier alpha value is -4.67. The number of nitrogens with zero attached hydrogens (tertiary/aromatic N) is 2. The molecule has 3 aromatic carbocycles. The van der Waals surface area contributed by atoms with Crippen LogP contribution in [0, 0.1) is 22.7 Å². The summed E-state index contributed by atoms with van der Waals surface area (Å²) in [6, 6.07) is 11.7. The number of nitriles is 2. The average molecular weight is 648 g/mol. The van der Waals surface area contributed by atoms with Gasteiger partial charge in [-0.05, 0) is 55.0 Å². The van der Waals surface area contributed by atoms with Crippen LogP contribution in [0.3, 0.4) is 0 Å². The Kier molecular flexibility index (Phi) is 9.09. The van der Waals surface area contributed by atoms with E-state index in [0.29, 0.717) is 6.07 Å². The molecule has 0 spiro atoms. The summed E-state index contributed by atoms with van der Waals surface area (Å²) in [7, 11) is -6.03. The number of sulfone groups is 1. The molecule has 0 bridgehead atoms. The van der Waals surface area contributed by atoms with Crippen LogP contribution < -0.4 is 19.9 Å². The predicted molar refractivity (Wildman–Crippen MR) is 136 cm³/mol. The Bertz CT molecular complexity index is 1770. The molecular formula is C26H16ClF6N3O6S. The Morgan fingerprint density at radius 2 is 1.60 bits per heavy atom. The quantitative estimate of drug-likeness (QED) is 0.271. The number of halogens is 7. The molecule has 1 unspecified atom stereocenters. The normalized spacial score (nSPS) is 13.3. The summed E-state index contributed by atoms with van der Waals surface area (Å²) >= 11 is 6.01. The van der Waals surface area contributed by atoms with Crippen LogP contribution in [0.4, 0.5) is 26.3 Å². The standard InChI is InChI=1S/C26H16ClF6N3O6S/c1-24(12-35,17-9-15(23(36)37)3-7-22(17)43(38,39)26(31,32)33)13-40-21-8-14(11-34)2-5-20(21)41-19-6-4-16(10-18(19)27)42-25(28,29)30/h2-10H,13H2,1H3,(H2,36,37). The number of benzene rings is 3. The summed E-state index contributed by atoms with van der Waals surface area (Å²) in [5.74, 6) is -2.49. The van der Waals surface area contributed by atoms with Crippen LogP contribution in [0.1, 0.15) is 28.4 Å². The Morgan fingerprint density at radius 3 is 2.14 bits per heavy atom. The number of ether oxygens (including phenoxy) is 3. The molecule has 0 aliphatic carbocycles. The highest BCUT2D eigenvalue weighted by atomic mass is 35.5. The summed E-state index contributed by atoms with van der Waals surface area (Å²) in [4.78, 5) is 10.4. The third-order valence-electron chi connectivity index (χ3n) is 5.65. The zero-order chi connectivity index (χ0) is 32.4. The van der Waals surface area contributed by atoms with Crippen LogP contribution >= 0.6 is 11.6 Å². The molecule has 1 atom stereocenters. The molecule has 0 radical (unpaired) electrons. The molecule has 0 aliphatic heterocycles. The third-order valence-corrected chi connectivity index (χ3v) is 7.49. The topological polar surface area (TPSA) is 152 Å². The van der Waals surface area contributed by atoms with Crippen LogP contribution in [0.5, 0.6) is 23.0 Å². The van der Waals surface area contributed by atoms with Crippen LogP contribution in [0.25, 0.3) is 0 Å². The Balaban J connectivity index is 2.05. The van der Waals surface area contributed by atoms with Crippen molar-refractivity contribution in [2.75, 3.05) is 6.61 Å². The molecule has 43 heavy (non-hydrogen) atoms. The molecule has 0 fully saturated rings. The average Bonchev–Trinajstić information content (AvgIpc) is 2.91. The second kappa shape index (κ2) is 11.9. The number of carbonyl (C=O) groups is 1. The van der Waals surface area contributed by atoms with Crippen LogP contribution in [0.2, 0.25) is 5.02 Å². The molecule has 3 aromatic rings. The van der Waals surface area contributed by atoms with Crippen molar-refractivity contribution in [2.45, 2.75) is 29.1 Å². The van der Waals surface area contributed by atoms with Gasteiger partial charge >= 0.3 is 11.9 Å². The summed E-state index contributed by atoms with van der Waals surface area (Å²) in [6.07, 6.45) is -5.00. The minimum Gasteiger partial charge on any atom is -0.488 e. The van der Waals surface area contributed by atoms with E-state index in [0.717, 1.165) is 43.3 Å². The van der Waals surface area contributed by atoms with Gasteiger partial charge in [0.1, 0.15) is 23.5 Å². The van der Waals surface area contributed by atoms with Crippen molar-refractivity contribution in [1.82, 2.24) is 0 Å². The van der Waals surface area contributed by atoms with Crippen molar-refractivity contribution < 1.29 is 53.8 Å². The van der Waals surface area contributed by atoms with Gasteiger partial charge in [-0.1, -0.05) is 11.6 Å². The van der Waals surface area contributed by atoms with Crippen molar-refractivity contribution >= 4 is 27.3 Å². The molecule has 0 heterocycles. The molecule has 17 heteroatoms. The first-order valence-corrected chi connectivity index (χ1v) is 13.2. The zero-order valence-corrected chi connectivity index (χ0v) is 23.0. The van der Waals surface area contributed by atoms with Gasteiger partial charge in [-0.25, -0.2) is 8.42 Å². The number of carbonyl (C=O) groups excluding carboxylic acids is 1. The molecule has 0 saturated carbocycles. The number of hydrogen-bond acceptors (Lipinski definition) is 8. The van der Waals surface area contributed by atoms with Crippen LogP contribution in [0.15, 0.2) is 59.5 Å². The van der Waals surface area contributed by atoms with Crippen LogP contribution in [-0.4, -0.2) is 32.8 Å².